The minimum atomic E-state index is 0.224. The molecule has 0 aromatic rings. The van der Waals surface area contributed by atoms with E-state index < -0.39 is 0 Å². The number of unbranched alkanes of at least 4 members (excludes halogenated alkanes) is 2. The van der Waals surface area contributed by atoms with Crippen molar-refractivity contribution in [2.75, 3.05) is 26.2 Å². The molecule has 3 unspecified atom stereocenters. The van der Waals surface area contributed by atoms with Crippen LogP contribution in [-0.2, 0) is 0 Å². The normalized spacial score (nSPS) is 18.3. The van der Waals surface area contributed by atoms with Crippen molar-refractivity contribution in [1.82, 2.24) is 10.6 Å². The molecule has 0 aromatic heterocycles. The predicted octanol–water partition coefficient (Wildman–Crippen LogP) is 9.08. The second-order valence-corrected chi connectivity index (χ2v) is 11.4. The summed E-state index contributed by atoms with van der Waals surface area (Å²) in [5, 5.41) is 7.61. The molecule has 0 bridgehead atoms. The zero-order chi connectivity index (χ0) is 25.4. The molecule has 200 valence electrons. The van der Waals surface area contributed by atoms with Crippen LogP contribution in [0.1, 0.15) is 132 Å². The number of hydrogen-bond donors (Lipinski definition) is 2. The van der Waals surface area contributed by atoms with Crippen LogP contribution in [0.3, 0.4) is 0 Å². The van der Waals surface area contributed by atoms with Crippen LogP contribution in [0.2, 0.25) is 0 Å². The Morgan fingerprint density at radius 2 is 1.09 bits per heavy atom. The van der Waals surface area contributed by atoms with Crippen LogP contribution in [0, 0.1) is 23.2 Å². The molecular formula is C32H62N2. The van der Waals surface area contributed by atoms with E-state index in [2.05, 4.69) is 72.1 Å². The van der Waals surface area contributed by atoms with Gasteiger partial charge in [0.25, 0.3) is 0 Å². The van der Waals surface area contributed by atoms with Gasteiger partial charge in [-0.05, 0) is 100 Å². The van der Waals surface area contributed by atoms with Crippen molar-refractivity contribution in [3.05, 3.63) is 22.8 Å². The summed E-state index contributed by atoms with van der Waals surface area (Å²) < 4.78 is 0. The fourth-order valence-corrected chi connectivity index (χ4v) is 6.35. The largest absolute Gasteiger partial charge is 0.317 e. The molecule has 34 heavy (non-hydrogen) atoms. The van der Waals surface area contributed by atoms with E-state index in [0.29, 0.717) is 17.8 Å². The van der Waals surface area contributed by atoms with Crippen molar-refractivity contribution in [2.45, 2.75) is 132 Å². The van der Waals surface area contributed by atoms with E-state index in [1.165, 1.54) is 77.0 Å². The van der Waals surface area contributed by atoms with Crippen molar-refractivity contribution < 1.29 is 0 Å². The first-order valence-corrected chi connectivity index (χ1v) is 15.3. The third-order valence-electron chi connectivity index (χ3n) is 8.16. The Balaban J connectivity index is 3.45. The maximum absolute atomic E-state index is 3.81. The van der Waals surface area contributed by atoms with Crippen LogP contribution in [-0.4, -0.2) is 26.2 Å². The highest BCUT2D eigenvalue weighted by Gasteiger charge is 2.43. The Morgan fingerprint density at radius 1 is 0.618 bits per heavy atom. The molecule has 0 radical (unpaired) electrons. The molecule has 2 heteroatoms. The van der Waals surface area contributed by atoms with Crippen molar-refractivity contribution in [3.63, 3.8) is 0 Å². The minimum absolute atomic E-state index is 0.224. The summed E-state index contributed by atoms with van der Waals surface area (Å²) in [4.78, 5) is 0. The first-order chi connectivity index (χ1) is 16.4. The Kier molecular flexibility index (Phi) is 16.4. The van der Waals surface area contributed by atoms with E-state index in [4.69, 9.17) is 0 Å². The lowest BCUT2D eigenvalue weighted by atomic mass is 9.69. The third-order valence-corrected chi connectivity index (χ3v) is 8.16. The Hall–Kier alpha value is -0.600. The van der Waals surface area contributed by atoms with E-state index in [-0.39, 0.29) is 5.41 Å². The van der Waals surface area contributed by atoms with E-state index >= 15 is 0 Å². The lowest BCUT2D eigenvalue weighted by Gasteiger charge is -2.36. The molecule has 0 aromatic carbocycles. The second kappa shape index (κ2) is 17.8. The molecule has 1 rings (SSSR count). The van der Waals surface area contributed by atoms with E-state index in [9.17, 15) is 0 Å². The Bertz CT molecular complexity index is 574. The molecule has 0 heterocycles. The highest BCUT2D eigenvalue weighted by atomic mass is 14.9. The standard InChI is InChI=1S/C32H62N2/c1-9-14-21-33-23-19-32(20-24-34-22-15-10-2)25-29(26(6)16-11-3)30(27(7)17-12-4)31(32)28(8)18-13-5/h25-28,33-34H,9-24H2,1-8H3. The van der Waals surface area contributed by atoms with Gasteiger partial charge in [-0.2, -0.15) is 0 Å². The monoisotopic (exact) mass is 474 g/mol. The van der Waals surface area contributed by atoms with Crippen LogP contribution in [0.25, 0.3) is 0 Å². The van der Waals surface area contributed by atoms with Gasteiger partial charge in [-0.1, -0.05) is 99.1 Å². The summed E-state index contributed by atoms with van der Waals surface area (Å²) in [6, 6.07) is 0. The van der Waals surface area contributed by atoms with Crippen LogP contribution in [0.4, 0.5) is 0 Å². The maximum Gasteiger partial charge on any atom is 0.0129 e. The Labute approximate surface area is 215 Å². The molecule has 0 spiro atoms. The average Bonchev–Trinajstić information content (AvgIpc) is 3.15. The first-order valence-electron chi connectivity index (χ1n) is 15.3. The SMILES string of the molecule is CCCCNCCC1(CCNCCCC)C=C(C(C)CCC)C(C(C)CCC)=C1C(C)CCC. The summed E-state index contributed by atoms with van der Waals surface area (Å²) in [5.74, 6) is 2.02. The summed E-state index contributed by atoms with van der Waals surface area (Å²) in [6.45, 7) is 23.8. The molecule has 0 amide bonds. The fraction of sp³-hybridized carbons (Fsp3) is 0.875. The molecular weight excluding hydrogens is 412 g/mol. The molecule has 0 saturated carbocycles. The van der Waals surface area contributed by atoms with Gasteiger partial charge < -0.3 is 10.6 Å². The minimum Gasteiger partial charge on any atom is -0.317 e. The Morgan fingerprint density at radius 3 is 1.56 bits per heavy atom. The zero-order valence-electron chi connectivity index (χ0n) is 24.6. The number of allylic oxidation sites excluding steroid dienone is 4. The summed E-state index contributed by atoms with van der Waals surface area (Å²) >= 11 is 0. The summed E-state index contributed by atoms with van der Waals surface area (Å²) in [6.07, 6.45) is 18.2. The lowest BCUT2D eigenvalue weighted by Crippen LogP contribution is -2.33. The fourth-order valence-electron chi connectivity index (χ4n) is 6.35. The topological polar surface area (TPSA) is 24.1 Å². The average molecular weight is 475 g/mol. The molecule has 2 N–H and O–H groups in total. The van der Waals surface area contributed by atoms with Gasteiger partial charge in [0.2, 0.25) is 0 Å². The third kappa shape index (κ3) is 9.45. The van der Waals surface area contributed by atoms with Gasteiger partial charge in [0.1, 0.15) is 0 Å². The van der Waals surface area contributed by atoms with Crippen LogP contribution >= 0.6 is 0 Å². The maximum atomic E-state index is 3.81. The molecule has 0 aliphatic heterocycles. The van der Waals surface area contributed by atoms with Crippen LogP contribution in [0.5, 0.6) is 0 Å². The van der Waals surface area contributed by atoms with Crippen molar-refractivity contribution >= 4 is 0 Å². The quantitative estimate of drug-likeness (QED) is 0.162. The second-order valence-electron chi connectivity index (χ2n) is 11.4. The highest BCUT2D eigenvalue weighted by Crippen LogP contribution is 2.54. The predicted molar refractivity (Wildman–Crippen MR) is 155 cm³/mol. The molecule has 0 fully saturated rings. The van der Waals surface area contributed by atoms with Gasteiger partial charge in [-0.25, -0.2) is 0 Å². The van der Waals surface area contributed by atoms with E-state index in [0.717, 1.165) is 26.2 Å². The van der Waals surface area contributed by atoms with Gasteiger partial charge in [0, 0.05) is 5.41 Å². The molecule has 3 atom stereocenters. The highest BCUT2D eigenvalue weighted by molar-refractivity contribution is 5.51. The number of nitrogens with one attached hydrogen (secondary N) is 2. The van der Waals surface area contributed by atoms with E-state index in [1.807, 2.05) is 5.57 Å². The zero-order valence-corrected chi connectivity index (χ0v) is 24.6. The van der Waals surface area contributed by atoms with Crippen molar-refractivity contribution in [1.29, 1.82) is 0 Å². The van der Waals surface area contributed by atoms with Gasteiger partial charge in [0.15, 0.2) is 0 Å². The van der Waals surface area contributed by atoms with Gasteiger partial charge >= 0.3 is 0 Å². The van der Waals surface area contributed by atoms with Gasteiger partial charge in [-0.3, -0.25) is 0 Å². The van der Waals surface area contributed by atoms with Gasteiger partial charge in [-0.15, -0.1) is 0 Å². The molecule has 2 nitrogen and oxygen atoms in total. The van der Waals surface area contributed by atoms with Gasteiger partial charge in [0.05, 0.1) is 0 Å². The number of hydrogen-bond acceptors (Lipinski definition) is 2. The smallest absolute Gasteiger partial charge is 0.0129 e. The van der Waals surface area contributed by atoms with Crippen LogP contribution < -0.4 is 10.6 Å². The molecule has 1 aliphatic rings. The molecule has 0 saturated heterocycles. The number of rotatable bonds is 21. The lowest BCUT2D eigenvalue weighted by molar-refractivity contribution is 0.332. The summed E-state index contributed by atoms with van der Waals surface area (Å²) in [7, 11) is 0. The van der Waals surface area contributed by atoms with Crippen molar-refractivity contribution in [2.24, 2.45) is 23.2 Å². The summed E-state index contributed by atoms with van der Waals surface area (Å²) in [5.41, 5.74) is 5.57. The van der Waals surface area contributed by atoms with Crippen LogP contribution in [0.15, 0.2) is 22.8 Å². The van der Waals surface area contributed by atoms with Crippen molar-refractivity contribution in [3.8, 4) is 0 Å². The molecule has 1 aliphatic carbocycles. The first kappa shape index (κ1) is 31.4. The van der Waals surface area contributed by atoms with E-state index in [1.54, 1.807) is 11.1 Å².